The standard InChI is InChI=1S/C12H19ClN2O/c1-4-11(8-16-3)15-9(2)10-5-6-12(13)14-7-10/h5-7,9,11,15H,4,8H2,1-3H3. The molecule has 0 aliphatic rings. The van der Waals surface area contributed by atoms with Gasteiger partial charge in [-0.3, -0.25) is 0 Å². The fourth-order valence-electron chi connectivity index (χ4n) is 1.58. The van der Waals surface area contributed by atoms with E-state index in [4.69, 9.17) is 16.3 Å². The molecule has 0 radical (unpaired) electrons. The number of hydrogen-bond donors (Lipinski definition) is 1. The number of rotatable bonds is 6. The first-order chi connectivity index (χ1) is 7.67. The molecule has 0 aromatic carbocycles. The number of pyridine rings is 1. The molecule has 1 heterocycles. The van der Waals surface area contributed by atoms with E-state index < -0.39 is 0 Å². The fourth-order valence-corrected chi connectivity index (χ4v) is 1.69. The van der Waals surface area contributed by atoms with Crippen LogP contribution < -0.4 is 5.32 Å². The average Bonchev–Trinajstić information content (AvgIpc) is 2.29. The molecule has 4 heteroatoms. The quantitative estimate of drug-likeness (QED) is 0.779. The lowest BCUT2D eigenvalue weighted by Crippen LogP contribution is -2.34. The zero-order valence-electron chi connectivity index (χ0n) is 10.0. The van der Waals surface area contributed by atoms with Crippen LogP contribution in [0.3, 0.4) is 0 Å². The van der Waals surface area contributed by atoms with Gasteiger partial charge in [-0.2, -0.15) is 0 Å². The van der Waals surface area contributed by atoms with Gasteiger partial charge < -0.3 is 10.1 Å². The normalized spacial score (nSPS) is 14.8. The van der Waals surface area contributed by atoms with Crippen molar-refractivity contribution in [3.8, 4) is 0 Å². The van der Waals surface area contributed by atoms with Crippen LogP contribution in [0.25, 0.3) is 0 Å². The third kappa shape index (κ3) is 4.08. The molecule has 0 fully saturated rings. The average molecular weight is 243 g/mol. The number of ether oxygens (including phenoxy) is 1. The second kappa shape index (κ2) is 6.84. The van der Waals surface area contributed by atoms with Crippen LogP contribution in [0.15, 0.2) is 18.3 Å². The van der Waals surface area contributed by atoms with Gasteiger partial charge in [0.25, 0.3) is 0 Å². The molecule has 1 aromatic rings. The molecule has 2 unspecified atom stereocenters. The van der Waals surface area contributed by atoms with Crippen LogP contribution >= 0.6 is 11.6 Å². The van der Waals surface area contributed by atoms with Gasteiger partial charge in [-0.15, -0.1) is 0 Å². The predicted octanol–water partition coefficient (Wildman–Crippen LogP) is 2.81. The largest absolute Gasteiger partial charge is 0.383 e. The lowest BCUT2D eigenvalue weighted by atomic mass is 10.1. The first-order valence-corrected chi connectivity index (χ1v) is 5.91. The number of methoxy groups -OCH3 is 1. The van der Waals surface area contributed by atoms with Crippen LogP contribution in [-0.4, -0.2) is 24.7 Å². The van der Waals surface area contributed by atoms with Gasteiger partial charge in [0.1, 0.15) is 5.15 Å². The molecule has 0 aliphatic carbocycles. The van der Waals surface area contributed by atoms with E-state index in [1.165, 1.54) is 0 Å². The zero-order chi connectivity index (χ0) is 12.0. The molecule has 0 spiro atoms. The van der Waals surface area contributed by atoms with Gasteiger partial charge in [0.2, 0.25) is 0 Å². The smallest absolute Gasteiger partial charge is 0.129 e. The Labute approximate surface area is 102 Å². The van der Waals surface area contributed by atoms with Crippen molar-refractivity contribution in [1.29, 1.82) is 0 Å². The van der Waals surface area contributed by atoms with E-state index in [1.807, 2.05) is 12.1 Å². The topological polar surface area (TPSA) is 34.1 Å². The van der Waals surface area contributed by atoms with E-state index in [0.29, 0.717) is 11.2 Å². The van der Waals surface area contributed by atoms with Crippen LogP contribution in [0.5, 0.6) is 0 Å². The van der Waals surface area contributed by atoms with Crippen LogP contribution in [0.2, 0.25) is 5.15 Å². The zero-order valence-corrected chi connectivity index (χ0v) is 10.8. The van der Waals surface area contributed by atoms with Gasteiger partial charge in [-0.1, -0.05) is 24.6 Å². The van der Waals surface area contributed by atoms with Crippen LogP contribution in [0.1, 0.15) is 31.9 Å². The molecule has 1 rings (SSSR count). The summed E-state index contributed by atoms with van der Waals surface area (Å²) in [5.74, 6) is 0. The maximum atomic E-state index is 5.75. The molecule has 0 saturated carbocycles. The van der Waals surface area contributed by atoms with Gasteiger partial charge in [0.15, 0.2) is 0 Å². The predicted molar refractivity (Wildman–Crippen MR) is 66.8 cm³/mol. The second-order valence-electron chi connectivity index (χ2n) is 3.86. The first-order valence-electron chi connectivity index (χ1n) is 5.53. The Bertz CT molecular complexity index is 302. The minimum atomic E-state index is 0.255. The molecule has 1 aromatic heterocycles. The Hall–Kier alpha value is -0.640. The Morgan fingerprint density at radius 1 is 1.50 bits per heavy atom. The summed E-state index contributed by atoms with van der Waals surface area (Å²) >= 11 is 5.75. The Morgan fingerprint density at radius 3 is 2.75 bits per heavy atom. The molecule has 0 bridgehead atoms. The van der Waals surface area contributed by atoms with Crippen molar-refractivity contribution in [2.75, 3.05) is 13.7 Å². The van der Waals surface area contributed by atoms with Crippen molar-refractivity contribution >= 4 is 11.6 Å². The maximum Gasteiger partial charge on any atom is 0.129 e. The number of halogens is 1. The molecular weight excluding hydrogens is 224 g/mol. The molecule has 0 saturated heterocycles. The molecule has 3 nitrogen and oxygen atoms in total. The fraction of sp³-hybridized carbons (Fsp3) is 0.583. The molecule has 16 heavy (non-hydrogen) atoms. The number of nitrogens with zero attached hydrogens (tertiary/aromatic N) is 1. The second-order valence-corrected chi connectivity index (χ2v) is 4.25. The van der Waals surface area contributed by atoms with Crippen molar-refractivity contribution in [3.63, 3.8) is 0 Å². The Morgan fingerprint density at radius 2 is 2.25 bits per heavy atom. The Balaban J connectivity index is 2.56. The number of nitrogens with one attached hydrogen (secondary N) is 1. The summed E-state index contributed by atoms with van der Waals surface area (Å²) < 4.78 is 5.15. The summed E-state index contributed by atoms with van der Waals surface area (Å²) in [5.41, 5.74) is 1.14. The van der Waals surface area contributed by atoms with Crippen molar-refractivity contribution < 1.29 is 4.74 Å². The minimum absolute atomic E-state index is 0.255. The van der Waals surface area contributed by atoms with E-state index in [0.717, 1.165) is 18.6 Å². The van der Waals surface area contributed by atoms with Gasteiger partial charge in [-0.25, -0.2) is 4.98 Å². The van der Waals surface area contributed by atoms with E-state index in [1.54, 1.807) is 13.3 Å². The molecule has 2 atom stereocenters. The molecule has 90 valence electrons. The summed E-state index contributed by atoms with van der Waals surface area (Å²) in [5, 5.41) is 4.02. The molecule has 0 aliphatic heterocycles. The highest BCUT2D eigenvalue weighted by atomic mass is 35.5. The molecule has 0 amide bonds. The van der Waals surface area contributed by atoms with Gasteiger partial charge in [-0.05, 0) is 25.0 Å². The summed E-state index contributed by atoms with van der Waals surface area (Å²) in [4.78, 5) is 4.07. The van der Waals surface area contributed by atoms with Gasteiger partial charge in [0, 0.05) is 25.4 Å². The van der Waals surface area contributed by atoms with Gasteiger partial charge >= 0.3 is 0 Å². The summed E-state index contributed by atoms with van der Waals surface area (Å²) in [6, 6.07) is 4.43. The third-order valence-corrected chi connectivity index (χ3v) is 2.82. The van der Waals surface area contributed by atoms with E-state index in [9.17, 15) is 0 Å². The first kappa shape index (κ1) is 13.4. The number of hydrogen-bond acceptors (Lipinski definition) is 3. The van der Waals surface area contributed by atoms with E-state index in [2.05, 4.69) is 24.1 Å². The molecular formula is C12H19ClN2O. The third-order valence-electron chi connectivity index (χ3n) is 2.60. The highest BCUT2D eigenvalue weighted by Crippen LogP contribution is 2.14. The van der Waals surface area contributed by atoms with E-state index >= 15 is 0 Å². The number of aromatic nitrogens is 1. The van der Waals surface area contributed by atoms with Crippen molar-refractivity contribution in [3.05, 3.63) is 29.0 Å². The van der Waals surface area contributed by atoms with Gasteiger partial charge in [0.05, 0.1) is 6.61 Å². The highest BCUT2D eigenvalue weighted by Gasteiger charge is 2.11. The van der Waals surface area contributed by atoms with Crippen molar-refractivity contribution in [2.45, 2.75) is 32.4 Å². The highest BCUT2D eigenvalue weighted by molar-refractivity contribution is 6.29. The van der Waals surface area contributed by atoms with Crippen molar-refractivity contribution in [1.82, 2.24) is 10.3 Å². The SMILES string of the molecule is CCC(COC)NC(C)c1ccc(Cl)nc1. The lowest BCUT2D eigenvalue weighted by Gasteiger charge is -2.21. The van der Waals surface area contributed by atoms with E-state index in [-0.39, 0.29) is 6.04 Å². The monoisotopic (exact) mass is 242 g/mol. The van der Waals surface area contributed by atoms with Crippen molar-refractivity contribution in [2.24, 2.45) is 0 Å². The maximum absolute atomic E-state index is 5.75. The minimum Gasteiger partial charge on any atom is -0.383 e. The summed E-state index contributed by atoms with van der Waals surface area (Å²) in [6.07, 6.45) is 2.85. The molecule has 1 N–H and O–H groups in total. The van der Waals surface area contributed by atoms with Crippen LogP contribution in [0.4, 0.5) is 0 Å². The Kier molecular flexibility index (Phi) is 5.74. The lowest BCUT2D eigenvalue weighted by molar-refractivity contribution is 0.159. The van der Waals surface area contributed by atoms with Crippen LogP contribution in [0, 0.1) is 0 Å². The van der Waals surface area contributed by atoms with Crippen LogP contribution in [-0.2, 0) is 4.74 Å². The summed E-state index contributed by atoms with van der Waals surface area (Å²) in [6.45, 7) is 4.98. The summed E-state index contributed by atoms with van der Waals surface area (Å²) in [7, 11) is 1.72.